The molecule has 2 aliphatic heterocycles. The molecule has 2 unspecified atom stereocenters. The van der Waals surface area contributed by atoms with Gasteiger partial charge >= 0.3 is 0 Å². The van der Waals surface area contributed by atoms with Gasteiger partial charge in [-0.05, 0) is 31.7 Å². The maximum absolute atomic E-state index is 4.45. The van der Waals surface area contributed by atoms with E-state index in [-0.39, 0.29) is 0 Å². The smallest absolute Gasteiger partial charge is 0.0764 e. The summed E-state index contributed by atoms with van der Waals surface area (Å²) in [5, 5.41) is 7.86. The van der Waals surface area contributed by atoms with Gasteiger partial charge in [-0.2, -0.15) is 0 Å². The average molecular weight is 125 g/mol. The van der Waals surface area contributed by atoms with E-state index >= 15 is 0 Å². The van der Waals surface area contributed by atoms with Gasteiger partial charge in [0.2, 0.25) is 0 Å². The Bertz CT molecular complexity index is 91.1. The molecule has 2 nitrogen and oxygen atoms in total. The zero-order valence-electron chi connectivity index (χ0n) is 5.64. The molecule has 0 spiro atoms. The van der Waals surface area contributed by atoms with E-state index in [0.29, 0.717) is 6.17 Å². The van der Waals surface area contributed by atoms with Crippen LogP contribution in [0.25, 0.3) is 0 Å². The monoisotopic (exact) mass is 125 g/mol. The summed E-state index contributed by atoms with van der Waals surface area (Å²) in [6, 6.07) is 0. The third kappa shape index (κ3) is 0.970. The molecule has 51 valence electrons. The molecule has 0 aromatic carbocycles. The van der Waals surface area contributed by atoms with Gasteiger partial charge in [-0.1, -0.05) is 0 Å². The topological polar surface area (TPSA) is 26.1 Å². The molecule has 2 rings (SSSR count). The van der Waals surface area contributed by atoms with Crippen LogP contribution >= 0.6 is 0 Å². The second-order valence-electron chi connectivity index (χ2n) is 3.00. The lowest BCUT2D eigenvalue weighted by Crippen LogP contribution is -2.42. The normalized spacial score (nSPS) is 42.7. The first-order valence-corrected chi connectivity index (χ1v) is 3.87. The van der Waals surface area contributed by atoms with E-state index < -0.39 is 0 Å². The molecule has 2 saturated heterocycles. The highest BCUT2D eigenvalue weighted by atomic mass is 15.2. The quantitative estimate of drug-likeness (QED) is 0.496. The minimum Gasteiger partial charge on any atom is -0.300 e. The maximum Gasteiger partial charge on any atom is 0.0764 e. The van der Waals surface area contributed by atoms with Gasteiger partial charge in [0.1, 0.15) is 0 Å². The van der Waals surface area contributed by atoms with Crippen molar-refractivity contribution in [2.45, 2.75) is 25.4 Å². The number of hydrogen-bond donors (Lipinski definition) is 1. The number of piperidine rings is 1. The van der Waals surface area contributed by atoms with Crippen molar-refractivity contribution in [2.75, 3.05) is 13.1 Å². The summed E-state index contributed by atoms with van der Waals surface area (Å²) >= 11 is 0. The fraction of sp³-hybridized carbons (Fsp3) is 1.00. The van der Waals surface area contributed by atoms with E-state index in [1.54, 1.807) is 0 Å². The lowest BCUT2D eigenvalue weighted by molar-refractivity contribution is 0.298. The highest BCUT2D eigenvalue weighted by Gasteiger charge is 2.29. The van der Waals surface area contributed by atoms with Crippen LogP contribution in [-0.2, 0) is 0 Å². The second-order valence-corrected chi connectivity index (χ2v) is 3.00. The molecule has 0 saturated carbocycles. The zero-order chi connectivity index (χ0) is 6.10. The van der Waals surface area contributed by atoms with Crippen LogP contribution in [0.2, 0.25) is 0 Å². The van der Waals surface area contributed by atoms with Crippen molar-refractivity contribution in [3.63, 3.8) is 0 Å². The van der Waals surface area contributed by atoms with E-state index in [1.807, 2.05) is 0 Å². The summed E-state index contributed by atoms with van der Waals surface area (Å²) in [6.45, 7) is 2.28. The SMILES string of the molecule is C1CNC2[N]CCC2C1. The lowest BCUT2D eigenvalue weighted by atomic mass is 9.96. The molecule has 0 aliphatic carbocycles. The Hall–Kier alpha value is -0.0800. The molecule has 2 atom stereocenters. The van der Waals surface area contributed by atoms with Crippen molar-refractivity contribution in [1.29, 1.82) is 0 Å². The molecular formula is C7H13N2. The van der Waals surface area contributed by atoms with Gasteiger partial charge < -0.3 is 5.32 Å². The van der Waals surface area contributed by atoms with Crippen molar-refractivity contribution in [3.8, 4) is 0 Å². The first-order chi connectivity index (χ1) is 4.47. The van der Waals surface area contributed by atoms with E-state index in [9.17, 15) is 0 Å². The summed E-state index contributed by atoms with van der Waals surface area (Å²) in [6.07, 6.45) is 4.63. The van der Waals surface area contributed by atoms with Gasteiger partial charge in [0.05, 0.1) is 6.17 Å². The Kier molecular flexibility index (Phi) is 1.44. The Morgan fingerprint density at radius 2 is 2.33 bits per heavy atom. The minimum atomic E-state index is 0.541. The predicted octanol–water partition coefficient (Wildman–Crippen LogP) is 0.320. The first kappa shape index (κ1) is 5.69. The zero-order valence-corrected chi connectivity index (χ0v) is 5.64. The van der Waals surface area contributed by atoms with E-state index in [1.165, 1.54) is 25.8 Å². The van der Waals surface area contributed by atoms with Crippen LogP contribution in [0.1, 0.15) is 19.3 Å². The van der Waals surface area contributed by atoms with Crippen LogP contribution in [0, 0.1) is 5.92 Å². The number of fused-ring (bicyclic) bond motifs is 1. The fourth-order valence-electron chi connectivity index (χ4n) is 1.83. The summed E-state index contributed by atoms with van der Waals surface area (Å²) in [5.74, 6) is 0.888. The first-order valence-electron chi connectivity index (χ1n) is 3.87. The Morgan fingerprint density at radius 1 is 1.33 bits per heavy atom. The minimum absolute atomic E-state index is 0.541. The summed E-state index contributed by atoms with van der Waals surface area (Å²) in [5.41, 5.74) is 0. The van der Waals surface area contributed by atoms with Crippen LogP contribution in [0.5, 0.6) is 0 Å². The van der Waals surface area contributed by atoms with E-state index in [0.717, 1.165) is 12.5 Å². The van der Waals surface area contributed by atoms with Crippen molar-refractivity contribution < 1.29 is 0 Å². The molecule has 1 radical (unpaired) electrons. The van der Waals surface area contributed by atoms with Gasteiger partial charge in [0, 0.05) is 6.54 Å². The van der Waals surface area contributed by atoms with Crippen molar-refractivity contribution >= 4 is 0 Å². The van der Waals surface area contributed by atoms with Crippen molar-refractivity contribution in [3.05, 3.63) is 0 Å². The van der Waals surface area contributed by atoms with Crippen LogP contribution in [0.4, 0.5) is 0 Å². The molecule has 2 heteroatoms. The summed E-state index contributed by atoms with van der Waals surface area (Å²) < 4.78 is 0. The molecule has 1 N–H and O–H groups in total. The second kappa shape index (κ2) is 2.27. The lowest BCUT2D eigenvalue weighted by Gasteiger charge is -2.24. The molecule has 2 heterocycles. The summed E-state index contributed by atoms with van der Waals surface area (Å²) in [7, 11) is 0. The number of nitrogens with zero attached hydrogens (tertiary/aromatic N) is 1. The Labute approximate surface area is 56.0 Å². The maximum atomic E-state index is 4.45. The molecule has 0 amide bonds. The average Bonchev–Trinajstić information content (AvgIpc) is 2.33. The van der Waals surface area contributed by atoms with Gasteiger partial charge in [-0.3, -0.25) is 0 Å². The number of nitrogens with one attached hydrogen (secondary N) is 1. The molecule has 2 aliphatic rings. The molecule has 2 fully saturated rings. The predicted molar refractivity (Wildman–Crippen MR) is 36.1 cm³/mol. The standard InChI is InChI=1S/C7H13N2/c1-2-6-3-5-9-7(6)8-4-1/h6-8H,1-5H2. The third-order valence-corrected chi connectivity index (χ3v) is 2.38. The molecule has 0 aromatic rings. The van der Waals surface area contributed by atoms with Crippen LogP contribution < -0.4 is 10.6 Å². The van der Waals surface area contributed by atoms with Crippen LogP contribution in [0.3, 0.4) is 0 Å². The fourth-order valence-corrected chi connectivity index (χ4v) is 1.83. The van der Waals surface area contributed by atoms with E-state index in [4.69, 9.17) is 0 Å². The van der Waals surface area contributed by atoms with Crippen LogP contribution in [-0.4, -0.2) is 19.3 Å². The Morgan fingerprint density at radius 3 is 3.22 bits per heavy atom. The molecular weight excluding hydrogens is 112 g/mol. The van der Waals surface area contributed by atoms with Gasteiger partial charge in [-0.15, -0.1) is 0 Å². The number of rotatable bonds is 0. The van der Waals surface area contributed by atoms with Crippen molar-refractivity contribution in [1.82, 2.24) is 10.6 Å². The largest absolute Gasteiger partial charge is 0.300 e. The highest BCUT2D eigenvalue weighted by Crippen LogP contribution is 2.23. The molecule has 0 bridgehead atoms. The third-order valence-electron chi connectivity index (χ3n) is 2.38. The van der Waals surface area contributed by atoms with Crippen molar-refractivity contribution in [2.24, 2.45) is 5.92 Å². The highest BCUT2D eigenvalue weighted by molar-refractivity contribution is 4.84. The van der Waals surface area contributed by atoms with Gasteiger partial charge in [-0.25, -0.2) is 5.32 Å². The van der Waals surface area contributed by atoms with Crippen LogP contribution in [0.15, 0.2) is 0 Å². The Balaban J connectivity index is 1.97. The van der Waals surface area contributed by atoms with Gasteiger partial charge in [0.15, 0.2) is 0 Å². The van der Waals surface area contributed by atoms with E-state index in [2.05, 4.69) is 10.6 Å². The summed E-state index contributed by atoms with van der Waals surface area (Å²) in [4.78, 5) is 0. The molecule has 0 aromatic heterocycles. The molecule has 9 heavy (non-hydrogen) atoms. The number of hydrogen-bond acceptors (Lipinski definition) is 1. The van der Waals surface area contributed by atoms with Gasteiger partial charge in [0.25, 0.3) is 0 Å².